The third-order valence-corrected chi connectivity index (χ3v) is 3.47. The van der Waals surface area contributed by atoms with Gasteiger partial charge in [-0.3, -0.25) is 4.90 Å². The molecule has 0 saturated heterocycles. The highest BCUT2D eigenvalue weighted by Crippen LogP contribution is 2.47. The summed E-state index contributed by atoms with van der Waals surface area (Å²) in [6, 6.07) is 0. The van der Waals surface area contributed by atoms with Crippen molar-refractivity contribution in [3.05, 3.63) is 0 Å². The molecule has 0 radical (unpaired) electrons. The summed E-state index contributed by atoms with van der Waals surface area (Å²) < 4.78 is 36.8. The van der Waals surface area contributed by atoms with Crippen LogP contribution in [0.4, 0.5) is 13.2 Å². The van der Waals surface area contributed by atoms with Crippen molar-refractivity contribution in [2.75, 3.05) is 25.4 Å². The van der Waals surface area contributed by atoms with E-state index in [-0.39, 0.29) is 5.41 Å². The number of thiol groups is 1. The molecule has 1 aliphatic carbocycles. The van der Waals surface area contributed by atoms with Crippen LogP contribution in [-0.4, -0.2) is 36.5 Å². The lowest BCUT2D eigenvalue weighted by Gasteiger charge is -2.27. The van der Waals surface area contributed by atoms with Crippen LogP contribution in [0.1, 0.15) is 26.2 Å². The van der Waals surface area contributed by atoms with E-state index in [1.807, 2.05) is 6.92 Å². The summed E-state index contributed by atoms with van der Waals surface area (Å²) in [6.45, 7) is 2.19. The van der Waals surface area contributed by atoms with Gasteiger partial charge in [0.05, 0.1) is 6.54 Å². The first kappa shape index (κ1) is 13.2. The monoisotopic (exact) mass is 241 g/mol. The number of halogens is 3. The van der Waals surface area contributed by atoms with Gasteiger partial charge in [-0.15, -0.1) is 0 Å². The van der Waals surface area contributed by atoms with E-state index in [9.17, 15) is 13.2 Å². The Bertz CT molecular complexity index is 201. The van der Waals surface area contributed by atoms with Crippen molar-refractivity contribution < 1.29 is 13.2 Å². The molecule has 0 aromatic rings. The van der Waals surface area contributed by atoms with Crippen molar-refractivity contribution in [3.8, 4) is 0 Å². The Morgan fingerprint density at radius 3 is 2.27 bits per heavy atom. The van der Waals surface area contributed by atoms with Gasteiger partial charge in [-0.25, -0.2) is 0 Å². The molecule has 0 aromatic carbocycles. The van der Waals surface area contributed by atoms with Gasteiger partial charge in [0.25, 0.3) is 0 Å². The van der Waals surface area contributed by atoms with E-state index >= 15 is 0 Å². The van der Waals surface area contributed by atoms with E-state index in [1.165, 1.54) is 4.90 Å². The van der Waals surface area contributed by atoms with Gasteiger partial charge in [-0.1, -0.05) is 6.92 Å². The normalized spacial score (nSPS) is 19.6. The molecule has 0 bridgehead atoms. The molecule has 15 heavy (non-hydrogen) atoms. The molecule has 0 heterocycles. The van der Waals surface area contributed by atoms with Crippen LogP contribution in [0, 0.1) is 5.41 Å². The summed E-state index contributed by atoms with van der Waals surface area (Å²) in [5.74, 6) is 0.699. The second-order valence-electron chi connectivity index (χ2n) is 4.48. The molecule has 0 N–H and O–H groups in total. The van der Waals surface area contributed by atoms with E-state index in [0.717, 1.165) is 19.3 Å². The molecule has 0 spiro atoms. The first-order chi connectivity index (χ1) is 6.91. The molecule has 1 nitrogen and oxygen atoms in total. The lowest BCUT2D eigenvalue weighted by Crippen LogP contribution is -2.39. The third-order valence-electron chi connectivity index (χ3n) is 2.79. The van der Waals surface area contributed by atoms with Crippen LogP contribution in [0.2, 0.25) is 0 Å². The molecule has 1 aliphatic rings. The standard InChI is InChI=1S/C10H18F3NS/c1-2-5-14(7-10(11,12)13)6-9(8-15)3-4-9/h15H,2-8H2,1H3. The van der Waals surface area contributed by atoms with Gasteiger partial charge in [0.15, 0.2) is 0 Å². The molecule has 90 valence electrons. The van der Waals surface area contributed by atoms with Gasteiger partial charge in [0.2, 0.25) is 0 Å². The van der Waals surface area contributed by atoms with Crippen molar-refractivity contribution in [1.29, 1.82) is 0 Å². The summed E-state index contributed by atoms with van der Waals surface area (Å²) in [4.78, 5) is 1.52. The summed E-state index contributed by atoms with van der Waals surface area (Å²) in [7, 11) is 0. The predicted octanol–water partition coefficient (Wildman–Crippen LogP) is 2.97. The van der Waals surface area contributed by atoms with Crippen LogP contribution in [0.15, 0.2) is 0 Å². The second-order valence-corrected chi connectivity index (χ2v) is 4.80. The molecule has 1 fully saturated rings. The SMILES string of the molecule is CCCN(CC(F)(F)F)CC1(CS)CC1. The van der Waals surface area contributed by atoms with Crippen molar-refractivity contribution in [2.45, 2.75) is 32.4 Å². The summed E-state index contributed by atoms with van der Waals surface area (Å²) in [5, 5.41) is 0. The van der Waals surface area contributed by atoms with E-state index < -0.39 is 12.7 Å². The van der Waals surface area contributed by atoms with E-state index in [4.69, 9.17) is 0 Å². The summed E-state index contributed by atoms with van der Waals surface area (Å²) >= 11 is 4.21. The predicted molar refractivity (Wildman–Crippen MR) is 58.3 cm³/mol. The van der Waals surface area contributed by atoms with Crippen LogP contribution >= 0.6 is 12.6 Å². The fourth-order valence-corrected chi connectivity index (χ4v) is 2.22. The minimum Gasteiger partial charge on any atom is -0.294 e. The Balaban J connectivity index is 2.43. The van der Waals surface area contributed by atoms with Crippen LogP contribution < -0.4 is 0 Å². The Labute approximate surface area is 94.4 Å². The maximum absolute atomic E-state index is 12.3. The minimum absolute atomic E-state index is 0.0729. The topological polar surface area (TPSA) is 3.24 Å². The smallest absolute Gasteiger partial charge is 0.294 e. The molecule has 0 aliphatic heterocycles. The first-order valence-corrected chi connectivity index (χ1v) is 5.94. The lowest BCUT2D eigenvalue weighted by atomic mass is 10.1. The zero-order valence-corrected chi connectivity index (χ0v) is 9.87. The first-order valence-electron chi connectivity index (χ1n) is 5.31. The largest absolute Gasteiger partial charge is 0.401 e. The average molecular weight is 241 g/mol. The second kappa shape index (κ2) is 4.95. The summed E-state index contributed by atoms with van der Waals surface area (Å²) in [6.07, 6.45) is -1.27. The van der Waals surface area contributed by atoms with Crippen molar-refractivity contribution in [1.82, 2.24) is 4.90 Å². The number of alkyl halides is 3. The van der Waals surface area contributed by atoms with E-state index in [0.29, 0.717) is 18.8 Å². The highest BCUT2D eigenvalue weighted by Gasteiger charge is 2.44. The van der Waals surface area contributed by atoms with Gasteiger partial charge in [0, 0.05) is 6.54 Å². The average Bonchev–Trinajstić information content (AvgIpc) is 2.83. The van der Waals surface area contributed by atoms with Crippen LogP contribution in [0.5, 0.6) is 0 Å². The maximum Gasteiger partial charge on any atom is 0.401 e. The minimum atomic E-state index is -4.08. The molecular formula is C10H18F3NS. The molecule has 0 amide bonds. The van der Waals surface area contributed by atoms with Gasteiger partial charge >= 0.3 is 6.18 Å². The number of nitrogens with zero attached hydrogens (tertiary/aromatic N) is 1. The van der Waals surface area contributed by atoms with Gasteiger partial charge in [-0.05, 0) is 37.0 Å². The third kappa shape index (κ3) is 4.64. The fourth-order valence-electron chi connectivity index (χ4n) is 1.80. The highest BCUT2D eigenvalue weighted by molar-refractivity contribution is 7.80. The zero-order chi connectivity index (χ0) is 11.5. The summed E-state index contributed by atoms with van der Waals surface area (Å²) in [5.41, 5.74) is 0.0729. The fraction of sp³-hybridized carbons (Fsp3) is 1.00. The van der Waals surface area contributed by atoms with E-state index in [2.05, 4.69) is 12.6 Å². The Morgan fingerprint density at radius 1 is 1.33 bits per heavy atom. The Kier molecular flexibility index (Phi) is 4.35. The van der Waals surface area contributed by atoms with Crippen LogP contribution in [-0.2, 0) is 0 Å². The maximum atomic E-state index is 12.3. The van der Waals surface area contributed by atoms with Crippen molar-refractivity contribution in [2.24, 2.45) is 5.41 Å². The van der Waals surface area contributed by atoms with Gasteiger partial charge in [-0.2, -0.15) is 25.8 Å². The Hall–Kier alpha value is 0.100. The molecule has 0 aromatic heterocycles. The molecule has 1 saturated carbocycles. The van der Waals surface area contributed by atoms with Crippen molar-refractivity contribution >= 4 is 12.6 Å². The lowest BCUT2D eigenvalue weighted by molar-refractivity contribution is -0.147. The highest BCUT2D eigenvalue weighted by atomic mass is 32.1. The molecule has 1 rings (SSSR count). The van der Waals surface area contributed by atoms with Crippen LogP contribution in [0.25, 0.3) is 0 Å². The van der Waals surface area contributed by atoms with Crippen molar-refractivity contribution in [3.63, 3.8) is 0 Å². The Morgan fingerprint density at radius 2 is 1.93 bits per heavy atom. The number of rotatable bonds is 6. The van der Waals surface area contributed by atoms with Gasteiger partial charge in [0.1, 0.15) is 0 Å². The number of hydrogen-bond acceptors (Lipinski definition) is 2. The molecule has 0 unspecified atom stereocenters. The molecule has 5 heteroatoms. The van der Waals surface area contributed by atoms with Gasteiger partial charge < -0.3 is 0 Å². The quantitative estimate of drug-likeness (QED) is 0.700. The number of hydrogen-bond donors (Lipinski definition) is 1. The zero-order valence-electron chi connectivity index (χ0n) is 8.98. The molecule has 0 atom stereocenters. The van der Waals surface area contributed by atoms with Crippen LogP contribution in [0.3, 0.4) is 0 Å². The molecular weight excluding hydrogens is 223 g/mol. The van der Waals surface area contributed by atoms with E-state index in [1.54, 1.807) is 0 Å².